The lowest BCUT2D eigenvalue weighted by atomic mass is 9.89. The maximum atomic E-state index is 13.2. The molecule has 2 aromatic rings. The standard InChI is InChI=1S/C16H15ClF2O2/c1-9(15(20)10-2-4-12(17)5-3-10)16(21)11-6-13(18)8-14(19)7-11/h2-9,15-16,20-21H,1H3/t9-,15+,16+/m1/s1. The highest BCUT2D eigenvalue weighted by Crippen LogP contribution is 2.33. The minimum absolute atomic E-state index is 0.0908. The fourth-order valence-corrected chi connectivity index (χ4v) is 2.31. The first-order chi connectivity index (χ1) is 9.88. The zero-order chi connectivity index (χ0) is 15.6. The van der Waals surface area contributed by atoms with E-state index in [1.807, 2.05) is 0 Å². The van der Waals surface area contributed by atoms with Crippen LogP contribution in [-0.4, -0.2) is 10.2 Å². The van der Waals surface area contributed by atoms with Crippen molar-refractivity contribution in [1.29, 1.82) is 0 Å². The van der Waals surface area contributed by atoms with Gasteiger partial charge in [0.05, 0.1) is 12.2 Å². The number of aliphatic hydroxyl groups excluding tert-OH is 2. The number of hydrogen-bond donors (Lipinski definition) is 2. The molecule has 0 aromatic heterocycles. The summed E-state index contributed by atoms with van der Waals surface area (Å²) in [4.78, 5) is 0. The summed E-state index contributed by atoms with van der Waals surface area (Å²) in [7, 11) is 0. The Morgan fingerprint density at radius 3 is 1.86 bits per heavy atom. The van der Waals surface area contributed by atoms with E-state index in [1.165, 1.54) is 0 Å². The number of halogens is 3. The Balaban J connectivity index is 2.21. The molecule has 0 aliphatic heterocycles. The highest BCUT2D eigenvalue weighted by atomic mass is 35.5. The Kier molecular flexibility index (Phi) is 4.93. The quantitative estimate of drug-likeness (QED) is 0.895. The zero-order valence-electron chi connectivity index (χ0n) is 11.3. The van der Waals surface area contributed by atoms with E-state index in [2.05, 4.69) is 0 Å². The second-order valence-corrected chi connectivity index (χ2v) is 5.44. The second-order valence-electron chi connectivity index (χ2n) is 5.00. The summed E-state index contributed by atoms with van der Waals surface area (Å²) < 4.78 is 26.4. The molecule has 2 nitrogen and oxygen atoms in total. The fourth-order valence-electron chi connectivity index (χ4n) is 2.19. The predicted molar refractivity (Wildman–Crippen MR) is 76.9 cm³/mol. The van der Waals surface area contributed by atoms with Crippen LogP contribution in [0.5, 0.6) is 0 Å². The molecule has 0 saturated heterocycles. The van der Waals surface area contributed by atoms with Crippen LogP contribution in [0.2, 0.25) is 5.02 Å². The van der Waals surface area contributed by atoms with Crippen molar-refractivity contribution in [2.45, 2.75) is 19.1 Å². The molecular weight excluding hydrogens is 298 g/mol. The van der Waals surface area contributed by atoms with Gasteiger partial charge in [-0.15, -0.1) is 0 Å². The second kappa shape index (κ2) is 6.52. The Morgan fingerprint density at radius 2 is 1.33 bits per heavy atom. The van der Waals surface area contributed by atoms with E-state index < -0.39 is 29.8 Å². The summed E-state index contributed by atoms with van der Waals surface area (Å²) in [6, 6.07) is 9.38. The summed E-state index contributed by atoms with van der Waals surface area (Å²) in [6.07, 6.45) is -2.18. The molecule has 5 heteroatoms. The summed E-state index contributed by atoms with van der Waals surface area (Å²) in [5, 5.41) is 21.0. The van der Waals surface area contributed by atoms with Gasteiger partial charge in [0, 0.05) is 17.0 Å². The monoisotopic (exact) mass is 312 g/mol. The number of benzene rings is 2. The van der Waals surface area contributed by atoms with Crippen LogP contribution in [0.15, 0.2) is 42.5 Å². The normalized spacial score (nSPS) is 15.5. The maximum absolute atomic E-state index is 13.2. The van der Waals surface area contributed by atoms with Gasteiger partial charge in [-0.2, -0.15) is 0 Å². The van der Waals surface area contributed by atoms with E-state index in [9.17, 15) is 19.0 Å². The van der Waals surface area contributed by atoms with E-state index in [-0.39, 0.29) is 5.56 Å². The van der Waals surface area contributed by atoms with Crippen LogP contribution in [0.25, 0.3) is 0 Å². The first kappa shape index (κ1) is 15.9. The molecule has 2 N–H and O–H groups in total. The molecule has 0 unspecified atom stereocenters. The first-order valence-corrected chi connectivity index (χ1v) is 6.84. The van der Waals surface area contributed by atoms with Gasteiger partial charge in [-0.3, -0.25) is 0 Å². The van der Waals surface area contributed by atoms with Crippen molar-refractivity contribution in [2.24, 2.45) is 5.92 Å². The van der Waals surface area contributed by atoms with E-state index in [4.69, 9.17) is 11.6 Å². The maximum Gasteiger partial charge on any atom is 0.126 e. The first-order valence-electron chi connectivity index (χ1n) is 6.46. The van der Waals surface area contributed by atoms with Crippen molar-refractivity contribution in [3.8, 4) is 0 Å². The Hall–Kier alpha value is -1.49. The molecule has 0 spiro atoms. The van der Waals surface area contributed by atoms with Gasteiger partial charge in [0.15, 0.2) is 0 Å². The minimum Gasteiger partial charge on any atom is -0.388 e. The third kappa shape index (κ3) is 3.79. The molecule has 2 rings (SSSR count). The summed E-state index contributed by atoms with van der Waals surface area (Å²) in [5.74, 6) is -2.18. The molecule has 0 saturated carbocycles. The third-order valence-electron chi connectivity index (χ3n) is 3.43. The molecule has 112 valence electrons. The molecule has 2 aromatic carbocycles. The van der Waals surface area contributed by atoms with Crippen LogP contribution in [-0.2, 0) is 0 Å². The number of hydrogen-bond acceptors (Lipinski definition) is 2. The molecule has 0 heterocycles. The topological polar surface area (TPSA) is 40.5 Å². The molecule has 0 fully saturated rings. The lowest BCUT2D eigenvalue weighted by Gasteiger charge is -2.25. The van der Waals surface area contributed by atoms with Gasteiger partial charge >= 0.3 is 0 Å². The highest BCUT2D eigenvalue weighted by Gasteiger charge is 2.25. The lowest BCUT2D eigenvalue weighted by molar-refractivity contribution is 0.0196. The van der Waals surface area contributed by atoms with Crippen LogP contribution in [0.1, 0.15) is 30.3 Å². The molecule has 0 aliphatic carbocycles. The molecule has 0 radical (unpaired) electrons. The minimum atomic E-state index is -1.19. The highest BCUT2D eigenvalue weighted by molar-refractivity contribution is 6.30. The van der Waals surface area contributed by atoms with Gasteiger partial charge in [-0.05, 0) is 35.4 Å². The van der Waals surface area contributed by atoms with Gasteiger partial charge < -0.3 is 10.2 Å². The number of aliphatic hydroxyl groups is 2. The SMILES string of the molecule is C[C@H]([C@H](O)c1ccc(Cl)cc1)[C@H](O)c1cc(F)cc(F)c1. The Morgan fingerprint density at radius 1 is 0.857 bits per heavy atom. The average molecular weight is 313 g/mol. The molecule has 0 aliphatic rings. The van der Waals surface area contributed by atoms with E-state index in [0.717, 1.165) is 18.2 Å². The van der Waals surface area contributed by atoms with E-state index in [1.54, 1.807) is 31.2 Å². The van der Waals surface area contributed by atoms with Gasteiger partial charge in [-0.25, -0.2) is 8.78 Å². The summed E-state index contributed by atoms with van der Waals surface area (Å²) in [6.45, 7) is 1.60. The Bertz CT molecular complexity index is 596. The van der Waals surface area contributed by atoms with E-state index in [0.29, 0.717) is 10.6 Å². The van der Waals surface area contributed by atoms with Crippen LogP contribution >= 0.6 is 11.6 Å². The van der Waals surface area contributed by atoms with Crippen molar-refractivity contribution >= 4 is 11.6 Å². The van der Waals surface area contributed by atoms with Crippen LogP contribution < -0.4 is 0 Å². The molecule has 3 atom stereocenters. The zero-order valence-corrected chi connectivity index (χ0v) is 12.1. The van der Waals surface area contributed by atoms with Gasteiger partial charge in [0.25, 0.3) is 0 Å². The summed E-state index contributed by atoms with van der Waals surface area (Å²) >= 11 is 5.77. The summed E-state index contributed by atoms with van der Waals surface area (Å²) in [5.41, 5.74) is 0.663. The molecular formula is C16H15ClF2O2. The van der Waals surface area contributed by atoms with Crippen molar-refractivity contribution in [2.75, 3.05) is 0 Å². The van der Waals surface area contributed by atoms with Gasteiger partial charge in [0.1, 0.15) is 11.6 Å². The van der Waals surface area contributed by atoms with E-state index >= 15 is 0 Å². The molecule has 21 heavy (non-hydrogen) atoms. The third-order valence-corrected chi connectivity index (χ3v) is 3.69. The Labute approximate surface area is 126 Å². The van der Waals surface area contributed by atoms with Crippen molar-refractivity contribution in [3.63, 3.8) is 0 Å². The smallest absolute Gasteiger partial charge is 0.126 e. The van der Waals surface area contributed by atoms with Gasteiger partial charge in [-0.1, -0.05) is 30.7 Å². The fraction of sp³-hybridized carbons (Fsp3) is 0.250. The molecule has 0 bridgehead atoms. The van der Waals surface area contributed by atoms with Crippen LogP contribution in [0.4, 0.5) is 8.78 Å². The largest absolute Gasteiger partial charge is 0.388 e. The molecule has 0 amide bonds. The average Bonchev–Trinajstić information content (AvgIpc) is 2.44. The predicted octanol–water partition coefficient (Wildman–Crippen LogP) is 4.02. The number of rotatable bonds is 4. The van der Waals surface area contributed by atoms with Crippen LogP contribution in [0.3, 0.4) is 0 Å². The van der Waals surface area contributed by atoms with Crippen LogP contribution in [0, 0.1) is 17.6 Å². The van der Waals surface area contributed by atoms with Crippen molar-refractivity contribution < 1.29 is 19.0 Å². The van der Waals surface area contributed by atoms with Crippen molar-refractivity contribution in [3.05, 3.63) is 70.2 Å². The van der Waals surface area contributed by atoms with Gasteiger partial charge in [0.2, 0.25) is 0 Å². The van der Waals surface area contributed by atoms with Crippen molar-refractivity contribution in [1.82, 2.24) is 0 Å². The lowest BCUT2D eigenvalue weighted by Crippen LogP contribution is -2.18.